The number of anilines is 2. The first-order valence-corrected chi connectivity index (χ1v) is 11.8. The summed E-state index contributed by atoms with van der Waals surface area (Å²) in [5, 5.41) is 11.8. The van der Waals surface area contributed by atoms with E-state index < -0.39 is 0 Å². The maximum atomic E-state index is 13.3. The fourth-order valence-corrected chi connectivity index (χ4v) is 4.13. The Labute approximate surface area is 200 Å². The number of hydrogen-bond acceptors (Lipinski definition) is 4. The number of ether oxygens (including phenoxy) is 1. The van der Waals surface area contributed by atoms with E-state index in [2.05, 4.69) is 11.4 Å². The van der Waals surface area contributed by atoms with Crippen LogP contribution in [0.25, 0.3) is 0 Å². The number of nitrogens with one attached hydrogen (secondary N) is 1. The van der Waals surface area contributed by atoms with Gasteiger partial charge in [0.1, 0.15) is 5.75 Å². The molecule has 0 radical (unpaired) electrons. The van der Waals surface area contributed by atoms with Crippen molar-refractivity contribution >= 4 is 23.2 Å². The Bertz CT molecular complexity index is 1130. The van der Waals surface area contributed by atoms with Crippen LogP contribution in [0.3, 0.4) is 0 Å². The van der Waals surface area contributed by atoms with Gasteiger partial charge in [-0.1, -0.05) is 30.3 Å². The highest BCUT2D eigenvalue weighted by molar-refractivity contribution is 6.08. The van der Waals surface area contributed by atoms with Crippen LogP contribution in [0.2, 0.25) is 0 Å². The highest BCUT2D eigenvalue weighted by atomic mass is 16.5. The monoisotopic (exact) mass is 458 g/mol. The van der Waals surface area contributed by atoms with Crippen LogP contribution in [0.1, 0.15) is 52.0 Å². The third-order valence-electron chi connectivity index (χ3n) is 5.94. The summed E-state index contributed by atoms with van der Waals surface area (Å²) in [4.78, 5) is 28.0. The van der Waals surface area contributed by atoms with E-state index in [-0.39, 0.29) is 18.4 Å². The summed E-state index contributed by atoms with van der Waals surface area (Å²) in [5.74, 6) is 0.191. The number of para-hydroxylation sites is 2. The molecule has 6 nitrogen and oxygen atoms in total. The van der Waals surface area contributed by atoms with Gasteiger partial charge >= 0.3 is 0 Å². The number of unbranched alkanes of at least 4 members (excludes halogenated alkanes) is 1. The molecule has 3 aromatic carbocycles. The number of fused-ring (bicyclic) bond motifs is 1. The Hall–Kier alpha value is -3.64. The third kappa shape index (κ3) is 5.64. The molecule has 1 aliphatic heterocycles. The Morgan fingerprint density at radius 1 is 0.912 bits per heavy atom. The minimum Gasteiger partial charge on any atom is -0.493 e. The van der Waals surface area contributed by atoms with Gasteiger partial charge in [-0.15, -0.1) is 0 Å². The van der Waals surface area contributed by atoms with Gasteiger partial charge in [0.2, 0.25) is 0 Å². The molecule has 0 atom stereocenters. The van der Waals surface area contributed by atoms with Crippen LogP contribution in [0.5, 0.6) is 5.75 Å². The molecule has 0 saturated carbocycles. The fraction of sp³-hybridized carbons (Fsp3) is 0.286. The van der Waals surface area contributed by atoms with E-state index in [0.717, 1.165) is 24.9 Å². The summed E-state index contributed by atoms with van der Waals surface area (Å²) in [5.41, 5.74) is 3.82. The highest BCUT2D eigenvalue weighted by Crippen LogP contribution is 2.28. The average molecular weight is 459 g/mol. The minimum atomic E-state index is -0.279. The average Bonchev–Trinajstić information content (AvgIpc) is 3.09. The molecule has 0 aliphatic carbocycles. The van der Waals surface area contributed by atoms with Crippen molar-refractivity contribution < 1.29 is 19.4 Å². The lowest BCUT2D eigenvalue weighted by molar-refractivity contribution is 0.0985. The first kappa shape index (κ1) is 23.5. The van der Waals surface area contributed by atoms with Gasteiger partial charge in [0.15, 0.2) is 0 Å². The maximum absolute atomic E-state index is 13.3. The Morgan fingerprint density at radius 2 is 1.68 bits per heavy atom. The summed E-state index contributed by atoms with van der Waals surface area (Å²) in [7, 11) is 0. The van der Waals surface area contributed by atoms with E-state index in [9.17, 15) is 9.59 Å². The molecule has 1 aliphatic rings. The van der Waals surface area contributed by atoms with Gasteiger partial charge in [0.05, 0.1) is 12.2 Å². The van der Waals surface area contributed by atoms with Crippen molar-refractivity contribution in [3.63, 3.8) is 0 Å². The summed E-state index contributed by atoms with van der Waals surface area (Å²) in [6, 6.07) is 22.2. The Morgan fingerprint density at radius 3 is 2.50 bits per heavy atom. The predicted molar refractivity (Wildman–Crippen MR) is 134 cm³/mol. The predicted octanol–water partition coefficient (Wildman–Crippen LogP) is 5.07. The molecule has 176 valence electrons. The number of amides is 2. The summed E-state index contributed by atoms with van der Waals surface area (Å²) in [6.45, 7) is 1.25. The molecule has 1 heterocycles. The number of aliphatic hydroxyl groups excluding tert-OH is 1. The second-order valence-electron chi connectivity index (χ2n) is 8.35. The molecule has 0 fully saturated rings. The molecule has 0 saturated heterocycles. The smallest absolute Gasteiger partial charge is 0.259 e. The number of rotatable bonds is 8. The van der Waals surface area contributed by atoms with Crippen molar-refractivity contribution in [1.29, 1.82) is 0 Å². The topological polar surface area (TPSA) is 78.9 Å². The van der Waals surface area contributed by atoms with Crippen LogP contribution < -0.4 is 15.0 Å². The molecule has 0 spiro atoms. The molecule has 34 heavy (non-hydrogen) atoms. The van der Waals surface area contributed by atoms with E-state index in [1.807, 2.05) is 29.2 Å². The van der Waals surface area contributed by atoms with Crippen LogP contribution in [0.15, 0.2) is 72.8 Å². The van der Waals surface area contributed by atoms with Crippen molar-refractivity contribution in [1.82, 2.24) is 0 Å². The van der Waals surface area contributed by atoms with Crippen molar-refractivity contribution in [2.45, 2.75) is 32.1 Å². The molecule has 6 heteroatoms. The number of aryl methyl sites for hydroxylation is 1. The number of aliphatic hydroxyl groups is 1. The minimum absolute atomic E-state index is 0.0335. The van der Waals surface area contributed by atoms with Crippen LogP contribution >= 0.6 is 0 Å². The molecule has 4 rings (SSSR count). The maximum Gasteiger partial charge on any atom is 0.259 e. The van der Waals surface area contributed by atoms with Crippen molar-refractivity contribution in [2.75, 3.05) is 30.0 Å². The van der Waals surface area contributed by atoms with Gasteiger partial charge in [-0.25, -0.2) is 0 Å². The number of nitrogens with zero attached hydrogens (tertiary/aromatic N) is 1. The quantitative estimate of drug-likeness (QED) is 0.462. The lowest BCUT2D eigenvalue weighted by atomic mass is 10.1. The standard InChI is InChI=1S/C28H30N2O4/c31-19-7-8-20-34-26-13-4-2-11-24(26)27(32)29-23-16-14-22(15-17-23)28(33)30-18-6-5-10-21-9-1-3-12-25(21)30/h1-4,9,11-17,31H,5-8,10,18-20H2,(H,29,32). The van der Waals surface area contributed by atoms with Crippen LogP contribution in [0, 0.1) is 0 Å². The normalized spacial score (nSPS) is 13.0. The van der Waals surface area contributed by atoms with Crippen LogP contribution in [-0.4, -0.2) is 36.7 Å². The SMILES string of the molecule is O=C(Nc1ccc(C(=O)N2CCCCc3ccccc32)cc1)c1ccccc1OCCCCO. The molecule has 3 aromatic rings. The van der Waals surface area contributed by atoms with E-state index >= 15 is 0 Å². The molecule has 0 aromatic heterocycles. The van der Waals surface area contributed by atoms with Crippen molar-refractivity contribution in [3.8, 4) is 5.75 Å². The molecule has 0 bridgehead atoms. The van der Waals surface area contributed by atoms with Gasteiger partial charge in [-0.3, -0.25) is 9.59 Å². The summed E-state index contributed by atoms with van der Waals surface area (Å²) in [6.07, 6.45) is 4.39. The van der Waals surface area contributed by atoms with Gasteiger partial charge in [0.25, 0.3) is 11.8 Å². The number of hydrogen-bond donors (Lipinski definition) is 2. The number of carbonyl (C=O) groups is 2. The molecule has 2 N–H and O–H groups in total. The van der Waals surface area contributed by atoms with E-state index in [1.165, 1.54) is 5.56 Å². The summed E-state index contributed by atoms with van der Waals surface area (Å²) >= 11 is 0. The van der Waals surface area contributed by atoms with Crippen LogP contribution in [-0.2, 0) is 6.42 Å². The lowest BCUT2D eigenvalue weighted by Crippen LogP contribution is -2.31. The molecule has 2 amide bonds. The van der Waals surface area contributed by atoms with Crippen LogP contribution in [0.4, 0.5) is 11.4 Å². The second-order valence-corrected chi connectivity index (χ2v) is 8.35. The van der Waals surface area contributed by atoms with Crippen molar-refractivity contribution in [3.05, 3.63) is 89.5 Å². The Balaban J connectivity index is 1.44. The van der Waals surface area contributed by atoms with E-state index in [4.69, 9.17) is 9.84 Å². The third-order valence-corrected chi connectivity index (χ3v) is 5.94. The van der Waals surface area contributed by atoms with Crippen molar-refractivity contribution in [2.24, 2.45) is 0 Å². The highest BCUT2D eigenvalue weighted by Gasteiger charge is 2.22. The zero-order chi connectivity index (χ0) is 23.8. The molecular formula is C28H30N2O4. The van der Waals surface area contributed by atoms with Gasteiger partial charge in [-0.05, 0) is 80.1 Å². The largest absolute Gasteiger partial charge is 0.493 e. The zero-order valence-electron chi connectivity index (χ0n) is 19.2. The number of benzene rings is 3. The van der Waals surface area contributed by atoms with Gasteiger partial charge in [0, 0.05) is 30.1 Å². The number of carbonyl (C=O) groups excluding carboxylic acids is 2. The molecular weight excluding hydrogens is 428 g/mol. The first-order valence-electron chi connectivity index (χ1n) is 11.8. The second kappa shape index (κ2) is 11.5. The lowest BCUT2D eigenvalue weighted by Gasteiger charge is -2.23. The Kier molecular flexibility index (Phi) is 7.94. The van der Waals surface area contributed by atoms with Gasteiger partial charge in [-0.2, -0.15) is 0 Å². The summed E-state index contributed by atoms with van der Waals surface area (Å²) < 4.78 is 5.73. The fourth-order valence-electron chi connectivity index (χ4n) is 4.13. The first-order chi connectivity index (χ1) is 16.7. The van der Waals surface area contributed by atoms with Gasteiger partial charge < -0.3 is 20.1 Å². The van der Waals surface area contributed by atoms with E-state index in [1.54, 1.807) is 42.5 Å². The molecule has 0 unspecified atom stereocenters. The van der Waals surface area contributed by atoms with E-state index in [0.29, 0.717) is 48.6 Å². The zero-order valence-corrected chi connectivity index (χ0v) is 19.2.